The summed E-state index contributed by atoms with van der Waals surface area (Å²) in [4.78, 5) is 6.82. The molecular formula is C16H23N3. The van der Waals surface area contributed by atoms with E-state index in [9.17, 15) is 0 Å². The number of nitrogens with zero attached hydrogens (tertiary/aromatic N) is 2. The van der Waals surface area contributed by atoms with E-state index in [0.717, 1.165) is 31.5 Å². The number of hydrogen-bond acceptors (Lipinski definition) is 3. The van der Waals surface area contributed by atoms with Crippen LogP contribution in [0.4, 0.5) is 0 Å². The quantitative estimate of drug-likeness (QED) is 0.897. The van der Waals surface area contributed by atoms with E-state index in [2.05, 4.69) is 52.6 Å². The molecule has 3 rings (SSSR count). The molecule has 3 nitrogen and oxygen atoms in total. The zero-order valence-corrected chi connectivity index (χ0v) is 11.7. The topological polar surface area (TPSA) is 27.6 Å². The van der Waals surface area contributed by atoms with Crippen LogP contribution in [0.3, 0.4) is 0 Å². The lowest BCUT2D eigenvalue weighted by Gasteiger charge is -2.27. The molecule has 0 radical (unpaired) electrons. The predicted octanol–water partition coefficient (Wildman–Crippen LogP) is 2.46. The van der Waals surface area contributed by atoms with Crippen LogP contribution in [0.1, 0.15) is 30.7 Å². The predicted molar refractivity (Wildman–Crippen MR) is 79.5 cm³/mol. The second-order valence-corrected chi connectivity index (χ2v) is 5.72. The highest BCUT2D eigenvalue weighted by molar-refractivity contribution is 5.80. The standard InChI is InChI=1S/C16H23N3/c1-19-11-5-10-17-16(19)18-12-15(14-8-9-14)13-6-3-2-4-7-13/h2-4,6-7,14-15H,5,8-12H2,1H3,(H,17,18). The van der Waals surface area contributed by atoms with Crippen LogP contribution in [0, 0.1) is 5.92 Å². The fraction of sp³-hybridized carbons (Fsp3) is 0.562. The lowest BCUT2D eigenvalue weighted by Crippen LogP contribution is -2.43. The summed E-state index contributed by atoms with van der Waals surface area (Å²) in [5.74, 6) is 2.58. The van der Waals surface area contributed by atoms with E-state index in [1.807, 2.05) is 0 Å². The summed E-state index contributed by atoms with van der Waals surface area (Å²) >= 11 is 0. The summed E-state index contributed by atoms with van der Waals surface area (Å²) in [7, 11) is 2.12. The van der Waals surface area contributed by atoms with Gasteiger partial charge in [-0.1, -0.05) is 30.3 Å². The minimum Gasteiger partial charge on any atom is -0.356 e. The minimum absolute atomic E-state index is 0.638. The first kappa shape index (κ1) is 12.5. The van der Waals surface area contributed by atoms with Crippen LogP contribution >= 0.6 is 0 Å². The van der Waals surface area contributed by atoms with Crippen molar-refractivity contribution < 1.29 is 0 Å². The summed E-state index contributed by atoms with van der Waals surface area (Å²) in [6.45, 7) is 3.09. The van der Waals surface area contributed by atoms with E-state index >= 15 is 0 Å². The van der Waals surface area contributed by atoms with Gasteiger partial charge < -0.3 is 10.2 Å². The lowest BCUT2D eigenvalue weighted by atomic mass is 9.94. The van der Waals surface area contributed by atoms with Gasteiger partial charge in [-0.15, -0.1) is 0 Å². The maximum absolute atomic E-state index is 4.59. The van der Waals surface area contributed by atoms with Gasteiger partial charge in [-0.2, -0.15) is 0 Å². The Morgan fingerprint density at radius 1 is 1.32 bits per heavy atom. The van der Waals surface area contributed by atoms with Crippen LogP contribution < -0.4 is 5.32 Å². The Balaban J connectivity index is 1.64. The second-order valence-electron chi connectivity index (χ2n) is 5.72. The van der Waals surface area contributed by atoms with Crippen molar-refractivity contribution in [3.8, 4) is 0 Å². The lowest BCUT2D eigenvalue weighted by molar-refractivity contribution is 0.439. The Labute approximate surface area is 115 Å². The molecule has 1 atom stereocenters. The van der Waals surface area contributed by atoms with Gasteiger partial charge in [0.2, 0.25) is 0 Å². The Morgan fingerprint density at radius 3 is 2.79 bits per heavy atom. The third kappa shape index (κ3) is 3.09. The first-order chi connectivity index (χ1) is 9.34. The molecule has 102 valence electrons. The number of rotatable bonds is 4. The Bertz CT molecular complexity index is 437. The molecule has 1 aliphatic carbocycles. The van der Waals surface area contributed by atoms with Gasteiger partial charge in [-0.25, -0.2) is 0 Å². The van der Waals surface area contributed by atoms with Crippen molar-refractivity contribution in [1.82, 2.24) is 10.2 Å². The first-order valence-electron chi connectivity index (χ1n) is 7.39. The van der Waals surface area contributed by atoms with Crippen molar-refractivity contribution >= 4 is 5.96 Å². The monoisotopic (exact) mass is 257 g/mol. The highest BCUT2D eigenvalue weighted by atomic mass is 15.3. The zero-order chi connectivity index (χ0) is 13.1. The molecular weight excluding hydrogens is 234 g/mol. The SMILES string of the molecule is CN1CCCN=C1NCC(c1ccccc1)C1CC1. The molecule has 1 N–H and O–H groups in total. The highest BCUT2D eigenvalue weighted by Crippen LogP contribution is 2.42. The maximum Gasteiger partial charge on any atom is 0.193 e. The van der Waals surface area contributed by atoms with Gasteiger partial charge in [0, 0.05) is 32.6 Å². The highest BCUT2D eigenvalue weighted by Gasteiger charge is 2.32. The van der Waals surface area contributed by atoms with Crippen molar-refractivity contribution in [2.24, 2.45) is 10.9 Å². The molecule has 0 amide bonds. The third-order valence-electron chi connectivity index (χ3n) is 4.17. The van der Waals surface area contributed by atoms with Crippen LogP contribution in [0.25, 0.3) is 0 Å². The van der Waals surface area contributed by atoms with Gasteiger partial charge in [0.05, 0.1) is 0 Å². The van der Waals surface area contributed by atoms with Crippen molar-refractivity contribution in [2.45, 2.75) is 25.2 Å². The molecule has 1 aromatic carbocycles. The van der Waals surface area contributed by atoms with Gasteiger partial charge in [0.1, 0.15) is 0 Å². The second kappa shape index (κ2) is 5.64. The number of guanidine groups is 1. The molecule has 1 fully saturated rings. The van der Waals surface area contributed by atoms with E-state index < -0.39 is 0 Å². The van der Waals surface area contributed by atoms with Crippen molar-refractivity contribution in [3.05, 3.63) is 35.9 Å². The van der Waals surface area contributed by atoms with Crippen molar-refractivity contribution in [1.29, 1.82) is 0 Å². The molecule has 2 aliphatic rings. The van der Waals surface area contributed by atoms with E-state index in [1.165, 1.54) is 24.8 Å². The van der Waals surface area contributed by atoms with E-state index in [1.54, 1.807) is 0 Å². The smallest absolute Gasteiger partial charge is 0.193 e. The molecule has 0 spiro atoms. The minimum atomic E-state index is 0.638. The average molecular weight is 257 g/mol. The van der Waals surface area contributed by atoms with Crippen LogP contribution in [0.5, 0.6) is 0 Å². The summed E-state index contributed by atoms with van der Waals surface area (Å²) in [6.07, 6.45) is 3.93. The largest absolute Gasteiger partial charge is 0.356 e. The van der Waals surface area contributed by atoms with Crippen LogP contribution in [-0.4, -0.2) is 37.5 Å². The molecule has 0 aromatic heterocycles. The summed E-state index contributed by atoms with van der Waals surface area (Å²) in [5, 5.41) is 3.57. The van der Waals surface area contributed by atoms with E-state index in [4.69, 9.17) is 0 Å². The normalized spacial score (nSPS) is 20.9. The Morgan fingerprint density at radius 2 is 2.11 bits per heavy atom. The van der Waals surface area contributed by atoms with Gasteiger partial charge in [0.25, 0.3) is 0 Å². The molecule has 3 heteroatoms. The number of nitrogens with one attached hydrogen (secondary N) is 1. The van der Waals surface area contributed by atoms with E-state index in [0.29, 0.717) is 5.92 Å². The molecule has 1 unspecified atom stereocenters. The van der Waals surface area contributed by atoms with Crippen LogP contribution in [0.15, 0.2) is 35.3 Å². The number of aliphatic imine (C=N–C) groups is 1. The van der Waals surface area contributed by atoms with Gasteiger partial charge in [-0.05, 0) is 30.7 Å². The third-order valence-corrected chi connectivity index (χ3v) is 4.17. The number of hydrogen-bond donors (Lipinski definition) is 1. The summed E-state index contributed by atoms with van der Waals surface area (Å²) < 4.78 is 0. The van der Waals surface area contributed by atoms with Crippen LogP contribution in [-0.2, 0) is 0 Å². The molecule has 0 saturated heterocycles. The molecule has 19 heavy (non-hydrogen) atoms. The van der Waals surface area contributed by atoms with Crippen molar-refractivity contribution in [3.63, 3.8) is 0 Å². The Hall–Kier alpha value is -1.51. The fourth-order valence-electron chi connectivity index (χ4n) is 2.87. The molecule has 0 bridgehead atoms. The maximum atomic E-state index is 4.59. The molecule has 1 saturated carbocycles. The number of benzene rings is 1. The van der Waals surface area contributed by atoms with Gasteiger partial charge in [-0.3, -0.25) is 4.99 Å². The fourth-order valence-corrected chi connectivity index (χ4v) is 2.87. The van der Waals surface area contributed by atoms with Crippen LogP contribution in [0.2, 0.25) is 0 Å². The average Bonchev–Trinajstić information content (AvgIpc) is 3.27. The van der Waals surface area contributed by atoms with Crippen molar-refractivity contribution in [2.75, 3.05) is 26.7 Å². The summed E-state index contributed by atoms with van der Waals surface area (Å²) in [6, 6.07) is 10.9. The molecule has 1 aliphatic heterocycles. The van der Waals surface area contributed by atoms with Gasteiger partial charge >= 0.3 is 0 Å². The molecule has 1 heterocycles. The zero-order valence-electron chi connectivity index (χ0n) is 11.7. The first-order valence-corrected chi connectivity index (χ1v) is 7.39. The summed E-state index contributed by atoms with van der Waals surface area (Å²) in [5.41, 5.74) is 1.47. The molecule has 1 aromatic rings. The van der Waals surface area contributed by atoms with Gasteiger partial charge in [0.15, 0.2) is 5.96 Å². The van der Waals surface area contributed by atoms with E-state index in [-0.39, 0.29) is 0 Å². The Kier molecular flexibility index (Phi) is 3.72.